The number of nitrogens with zero attached hydrogens (tertiary/aromatic N) is 1. The monoisotopic (exact) mass is 306 g/mol. The fourth-order valence-corrected chi connectivity index (χ4v) is 2.21. The second-order valence-corrected chi connectivity index (χ2v) is 4.99. The van der Waals surface area contributed by atoms with Crippen molar-refractivity contribution in [2.45, 2.75) is 13.5 Å². The minimum absolute atomic E-state index is 0.0367. The van der Waals surface area contributed by atoms with E-state index in [1.54, 1.807) is 19.2 Å². The van der Waals surface area contributed by atoms with Crippen LogP contribution in [-0.2, 0) is 6.61 Å². The van der Waals surface area contributed by atoms with Gasteiger partial charge in [0.15, 0.2) is 0 Å². The van der Waals surface area contributed by atoms with E-state index in [1.807, 2.05) is 25.1 Å². The SMILES string of the molecule is CNc1cc(COc2ccc(C)cc2Cl)ccc1[N+](=O)[O-]. The molecule has 0 saturated carbocycles. The molecule has 5 nitrogen and oxygen atoms in total. The number of rotatable bonds is 5. The van der Waals surface area contributed by atoms with Crippen molar-refractivity contribution in [3.05, 3.63) is 62.7 Å². The molecule has 0 heterocycles. The molecule has 0 radical (unpaired) electrons. The Balaban J connectivity index is 2.15. The molecular formula is C15H15ClN2O3. The van der Waals surface area contributed by atoms with E-state index < -0.39 is 4.92 Å². The summed E-state index contributed by atoms with van der Waals surface area (Å²) in [5.74, 6) is 0.589. The third kappa shape index (κ3) is 3.64. The maximum atomic E-state index is 10.9. The molecule has 6 heteroatoms. The number of hydrogen-bond donors (Lipinski definition) is 1. The van der Waals surface area contributed by atoms with Crippen LogP contribution in [0.4, 0.5) is 11.4 Å². The Labute approximate surface area is 127 Å². The van der Waals surface area contributed by atoms with Gasteiger partial charge < -0.3 is 10.1 Å². The summed E-state index contributed by atoms with van der Waals surface area (Å²) in [6.45, 7) is 2.24. The lowest BCUT2D eigenvalue weighted by Gasteiger charge is -2.10. The van der Waals surface area contributed by atoms with Crippen molar-refractivity contribution in [2.75, 3.05) is 12.4 Å². The second-order valence-electron chi connectivity index (χ2n) is 4.58. The zero-order chi connectivity index (χ0) is 15.4. The van der Waals surface area contributed by atoms with Crippen molar-refractivity contribution in [1.82, 2.24) is 0 Å². The molecular weight excluding hydrogens is 292 g/mol. The largest absolute Gasteiger partial charge is 0.487 e. The summed E-state index contributed by atoms with van der Waals surface area (Å²) in [6.07, 6.45) is 0. The Morgan fingerprint density at radius 1 is 1.29 bits per heavy atom. The van der Waals surface area contributed by atoms with Gasteiger partial charge in [-0.15, -0.1) is 0 Å². The van der Waals surface area contributed by atoms with Gasteiger partial charge in [0.2, 0.25) is 0 Å². The van der Waals surface area contributed by atoms with Gasteiger partial charge in [0.25, 0.3) is 5.69 Å². The predicted octanol–water partition coefficient (Wildman–Crippen LogP) is 4.18. The first kappa shape index (κ1) is 15.1. The number of ether oxygens (including phenoxy) is 1. The summed E-state index contributed by atoms with van der Waals surface area (Å²) in [7, 11) is 1.64. The van der Waals surface area contributed by atoms with Crippen LogP contribution >= 0.6 is 11.6 Å². The fourth-order valence-electron chi connectivity index (χ4n) is 1.92. The van der Waals surface area contributed by atoms with Crippen LogP contribution in [-0.4, -0.2) is 12.0 Å². The third-order valence-electron chi connectivity index (χ3n) is 3.01. The van der Waals surface area contributed by atoms with E-state index in [0.29, 0.717) is 16.5 Å². The molecule has 0 saturated heterocycles. The first-order valence-corrected chi connectivity index (χ1v) is 6.73. The molecule has 0 aliphatic rings. The summed E-state index contributed by atoms with van der Waals surface area (Å²) < 4.78 is 5.65. The third-order valence-corrected chi connectivity index (χ3v) is 3.30. The van der Waals surface area contributed by atoms with Crippen molar-refractivity contribution < 1.29 is 9.66 Å². The minimum atomic E-state index is -0.423. The Bertz CT molecular complexity index is 674. The number of halogens is 1. The second kappa shape index (κ2) is 6.45. The number of hydrogen-bond acceptors (Lipinski definition) is 4. The number of benzene rings is 2. The smallest absolute Gasteiger partial charge is 0.292 e. The Hall–Kier alpha value is -2.27. The average Bonchev–Trinajstić information content (AvgIpc) is 2.45. The van der Waals surface area contributed by atoms with Gasteiger partial charge in [-0.25, -0.2) is 0 Å². The summed E-state index contributed by atoms with van der Waals surface area (Å²) in [6, 6.07) is 10.4. The van der Waals surface area contributed by atoms with Crippen molar-refractivity contribution in [1.29, 1.82) is 0 Å². The molecule has 110 valence electrons. The molecule has 0 amide bonds. The van der Waals surface area contributed by atoms with E-state index in [1.165, 1.54) is 6.07 Å². The molecule has 0 fully saturated rings. The van der Waals surface area contributed by atoms with Gasteiger partial charge in [-0.2, -0.15) is 0 Å². The zero-order valence-electron chi connectivity index (χ0n) is 11.7. The van der Waals surface area contributed by atoms with Crippen molar-refractivity contribution in [2.24, 2.45) is 0 Å². The topological polar surface area (TPSA) is 64.4 Å². The molecule has 2 aromatic carbocycles. The van der Waals surface area contributed by atoms with Crippen LogP contribution in [0.2, 0.25) is 5.02 Å². The number of anilines is 1. The molecule has 0 aliphatic carbocycles. The molecule has 0 bridgehead atoms. The van der Waals surface area contributed by atoms with Crippen LogP contribution < -0.4 is 10.1 Å². The van der Waals surface area contributed by atoms with Crippen LogP contribution in [0.5, 0.6) is 5.75 Å². The first-order chi connectivity index (χ1) is 10.0. The first-order valence-electron chi connectivity index (χ1n) is 6.35. The lowest BCUT2D eigenvalue weighted by molar-refractivity contribution is -0.384. The van der Waals surface area contributed by atoms with Gasteiger partial charge in [-0.1, -0.05) is 17.7 Å². The van der Waals surface area contributed by atoms with Gasteiger partial charge in [0, 0.05) is 13.1 Å². The highest BCUT2D eigenvalue weighted by atomic mass is 35.5. The Kier molecular flexibility index (Phi) is 4.65. The molecule has 1 N–H and O–H groups in total. The molecule has 2 rings (SSSR count). The Morgan fingerprint density at radius 3 is 2.67 bits per heavy atom. The molecule has 0 aromatic heterocycles. The average molecular weight is 307 g/mol. The maximum Gasteiger partial charge on any atom is 0.292 e. The van der Waals surface area contributed by atoms with Gasteiger partial charge in [-0.3, -0.25) is 10.1 Å². The highest BCUT2D eigenvalue weighted by molar-refractivity contribution is 6.32. The molecule has 2 aromatic rings. The standard InChI is InChI=1S/C15H15ClN2O3/c1-10-3-6-15(12(16)7-10)21-9-11-4-5-14(18(19)20)13(8-11)17-2/h3-8,17H,9H2,1-2H3. The molecule has 21 heavy (non-hydrogen) atoms. The summed E-state index contributed by atoms with van der Waals surface area (Å²) in [5.41, 5.74) is 2.37. The lowest BCUT2D eigenvalue weighted by Crippen LogP contribution is -2.00. The van der Waals surface area contributed by atoms with Crippen LogP contribution in [0.1, 0.15) is 11.1 Å². The fraction of sp³-hybridized carbons (Fsp3) is 0.200. The van der Waals surface area contributed by atoms with Crippen molar-refractivity contribution in [3.8, 4) is 5.75 Å². The summed E-state index contributed by atoms with van der Waals surface area (Å²) in [5, 5.41) is 14.2. The van der Waals surface area contributed by atoms with Crippen LogP contribution in [0, 0.1) is 17.0 Å². The highest BCUT2D eigenvalue weighted by Gasteiger charge is 2.13. The van der Waals surface area contributed by atoms with E-state index in [2.05, 4.69) is 5.32 Å². The summed E-state index contributed by atoms with van der Waals surface area (Å²) >= 11 is 6.09. The normalized spacial score (nSPS) is 10.2. The van der Waals surface area contributed by atoms with Crippen LogP contribution in [0.25, 0.3) is 0 Å². The van der Waals surface area contributed by atoms with E-state index >= 15 is 0 Å². The van der Waals surface area contributed by atoms with Gasteiger partial charge in [0.05, 0.1) is 9.95 Å². The lowest BCUT2D eigenvalue weighted by atomic mass is 10.2. The summed E-state index contributed by atoms with van der Waals surface area (Å²) in [4.78, 5) is 10.4. The minimum Gasteiger partial charge on any atom is -0.487 e. The molecule has 0 atom stereocenters. The van der Waals surface area contributed by atoms with E-state index in [-0.39, 0.29) is 12.3 Å². The van der Waals surface area contributed by atoms with Gasteiger partial charge in [0.1, 0.15) is 18.0 Å². The maximum absolute atomic E-state index is 10.9. The number of aryl methyl sites for hydroxylation is 1. The van der Waals surface area contributed by atoms with Crippen molar-refractivity contribution in [3.63, 3.8) is 0 Å². The molecule has 0 aliphatic heterocycles. The van der Waals surface area contributed by atoms with E-state index in [4.69, 9.17) is 16.3 Å². The Morgan fingerprint density at radius 2 is 2.05 bits per heavy atom. The van der Waals surface area contributed by atoms with Crippen LogP contribution in [0.15, 0.2) is 36.4 Å². The van der Waals surface area contributed by atoms with Gasteiger partial charge >= 0.3 is 0 Å². The quantitative estimate of drug-likeness (QED) is 0.665. The molecule has 0 unspecified atom stereocenters. The molecule has 0 spiro atoms. The van der Waals surface area contributed by atoms with E-state index in [0.717, 1.165) is 11.1 Å². The van der Waals surface area contributed by atoms with Crippen LogP contribution in [0.3, 0.4) is 0 Å². The van der Waals surface area contributed by atoms with Gasteiger partial charge in [-0.05, 0) is 42.3 Å². The zero-order valence-corrected chi connectivity index (χ0v) is 12.5. The number of nitrogens with one attached hydrogen (secondary N) is 1. The van der Waals surface area contributed by atoms with E-state index in [9.17, 15) is 10.1 Å². The van der Waals surface area contributed by atoms with Crippen molar-refractivity contribution >= 4 is 23.0 Å². The number of nitro groups is 1. The predicted molar refractivity (Wildman–Crippen MR) is 83.2 cm³/mol. The highest BCUT2D eigenvalue weighted by Crippen LogP contribution is 2.28. The number of nitro benzene ring substituents is 1.